The van der Waals surface area contributed by atoms with Gasteiger partial charge in [-0.1, -0.05) is 61.2 Å². The molecule has 0 saturated heterocycles. The number of benzene rings is 2. The molecule has 0 spiro atoms. The number of aromatic nitrogens is 3. The summed E-state index contributed by atoms with van der Waals surface area (Å²) in [4.78, 5) is 16.8. The van der Waals surface area contributed by atoms with Crippen LogP contribution in [0.4, 0.5) is 5.95 Å². The number of ether oxygens (including phenoxy) is 1. The summed E-state index contributed by atoms with van der Waals surface area (Å²) in [5.41, 5.74) is 8.86. The highest BCUT2D eigenvalue weighted by atomic mass is 32.2. The summed E-state index contributed by atoms with van der Waals surface area (Å²) < 4.78 is 7.61. The van der Waals surface area contributed by atoms with Crippen LogP contribution in [0.15, 0.2) is 71.0 Å². The van der Waals surface area contributed by atoms with Crippen LogP contribution in [0.3, 0.4) is 0 Å². The van der Waals surface area contributed by atoms with E-state index in [1.54, 1.807) is 16.4 Å². The number of carbonyl (C=O) groups excluding carboxylic acids is 1. The molecular formula is C22H23N5O2S. The molecule has 7 nitrogen and oxygen atoms in total. The van der Waals surface area contributed by atoms with E-state index in [0.29, 0.717) is 29.0 Å². The van der Waals surface area contributed by atoms with Crippen molar-refractivity contribution in [3.63, 3.8) is 0 Å². The summed E-state index contributed by atoms with van der Waals surface area (Å²) in [5.74, 6) is 1.72. The van der Waals surface area contributed by atoms with Crippen molar-refractivity contribution < 1.29 is 9.53 Å². The van der Waals surface area contributed by atoms with E-state index < -0.39 is 11.9 Å². The normalized spacial score (nSPS) is 15.5. The van der Waals surface area contributed by atoms with Gasteiger partial charge in [-0.15, -0.1) is 5.10 Å². The minimum atomic E-state index is -0.486. The Kier molecular flexibility index (Phi) is 5.76. The molecule has 0 radical (unpaired) electrons. The Labute approximate surface area is 179 Å². The number of thioether (sulfide) groups is 1. The smallest absolute Gasteiger partial charge is 0.248 e. The zero-order chi connectivity index (χ0) is 21.1. The second-order valence-corrected chi connectivity index (χ2v) is 8.10. The molecule has 154 valence electrons. The number of anilines is 1. The minimum Gasteiger partial charge on any atom is -0.489 e. The predicted octanol–water partition coefficient (Wildman–Crippen LogP) is 3.74. The highest BCUT2D eigenvalue weighted by molar-refractivity contribution is 7.99. The van der Waals surface area contributed by atoms with Gasteiger partial charge in [0.05, 0.1) is 5.57 Å². The molecule has 1 aliphatic rings. The standard InChI is InChI=1S/C22H23N5O2S/c1-3-30-22-25-21-24-14(2)18(20(23)28)19(27(21)26-22)16-9-11-17(12-10-16)29-13-15-7-5-4-6-8-15/h4-12,19H,3,13H2,1-2H3,(H2,23,28)(H,24,25,26). The number of nitrogens with one attached hydrogen (secondary N) is 1. The summed E-state index contributed by atoms with van der Waals surface area (Å²) >= 11 is 1.55. The number of allylic oxidation sites excluding steroid dienone is 1. The number of hydrogen-bond acceptors (Lipinski definition) is 6. The van der Waals surface area contributed by atoms with E-state index in [4.69, 9.17) is 10.5 Å². The highest BCUT2D eigenvalue weighted by Gasteiger charge is 2.33. The molecule has 0 aliphatic carbocycles. The van der Waals surface area contributed by atoms with E-state index in [9.17, 15) is 4.79 Å². The molecule has 2 aromatic carbocycles. The second kappa shape index (κ2) is 8.62. The van der Waals surface area contributed by atoms with E-state index in [0.717, 1.165) is 22.6 Å². The lowest BCUT2D eigenvalue weighted by atomic mass is 9.95. The van der Waals surface area contributed by atoms with Crippen molar-refractivity contribution in [2.75, 3.05) is 11.1 Å². The van der Waals surface area contributed by atoms with Crippen molar-refractivity contribution in [2.45, 2.75) is 31.7 Å². The van der Waals surface area contributed by atoms with Gasteiger partial charge >= 0.3 is 0 Å². The topological polar surface area (TPSA) is 95.1 Å². The van der Waals surface area contributed by atoms with Gasteiger partial charge in [0.2, 0.25) is 17.0 Å². The molecule has 30 heavy (non-hydrogen) atoms. The monoisotopic (exact) mass is 421 g/mol. The van der Waals surface area contributed by atoms with Crippen LogP contribution in [0.25, 0.3) is 0 Å². The maximum atomic E-state index is 12.3. The molecule has 1 aliphatic heterocycles. The van der Waals surface area contributed by atoms with Gasteiger partial charge in [0.25, 0.3) is 0 Å². The van der Waals surface area contributed by atoms with Crippen LogP contribution in [-0.4, -0.2) is 26.4 Å². The number of fused-ring (bicyclic) bond motifs is 1. The molecule has 4 rings (SSSR count). The van der Waals surface area contributed by atoms with Crippen LogP contribution in [0.1, 0.15) is 31.0 Å². The fraction of sp³-hybridized carbons (Fsp3) is 0.227. The fourth-order valence-electron chi connectivity index (χ4n) is 3.44. The zero-order valence-electron chi connectivity index (χ0n) is 16.8. The van der Waals surface area contributed by atoms with Crippen molar-refractivity contribution in [1.82, 2.24) is 14.8 Å². The first-order valence-electron chi connectivity index (χ1n) is 9.70. The first-order chi connectivity index (χ1) is 14.6. The number of amides is 1. The van der Waals surface area contributed by atoms with Gasteiger partial charge in [0.1, 0.15) is 18.4 Å². The van der Waals surface area contributed by atoms with E-state index in [-0.39, 0.29) is 0 Å². The van der Waals surface area contributed by atoms with Gasteiger partial charge in [-0.3, -0.25) is 4.79 Å². The number of carbonyl (C=O) groups is 1. The first-order valence-corrected chi connectivity index (χ1v) is 10.7. The van der Waals surface area contributed by atoms with Crippen LogP contribution in [0.2, 0.25) is 0 Å². The van der Waals surface area contributed by atoms with Gasteiger partial charge in [0, 0.05) is 5.70 Å². The number of rotatable bonds is 7. The van der Waals surface area contributed by atoms with Gasteiger partial charge < -0.3 is 15.8 Å². The lowest BCUT2D eigenvalue weighted by Crippen LogP contribution is -2.31. The molecule has 1 unspecified atom stereocenters. The molecule has 0 bridgehead atoms. The summed E-state index contributed by atoms with van der Waals surface area (Å²) in [6.45, 7) is 4.36. The predicted molar refractivity (Wildman–Crippen MR) is 117 cm³/mol. The Morgan fingerprint density at radius 3 is 2.60 bits per heavy atom. The van der Waals surface area contributed by atoms with Crippen LogP contribution >= 0.6 is 11.8 Å². The summed E-state index contributed by atoms with van der Waals surface area (Å²) in [6, 6.07) is 17.2. The van der Waals surface area contributed by atoms with Gasteiger partial charge in [0.15, 0.2) is 0 Å². The minimum absolute atomic E-state index is 0.444. The third kappa shape index (κ3) is 4.04. The maximum absolute atomic E-state index is 12.3. The molecule has 8 heteroatoms. The van der Waals surface area contributed by atoms with Crippen molar-refractivity contribution in [3.8, 4) is 5.75 Å². The number of nitrogens with two attached hydrogens (primary N) is 1. The summed E-state index contributed by atoms with van der Waals surface area (Å²) in [7, 11) is 0. The largest absolute Gasteiger partial charge is 0.489 e. The van der Waals surface area contributed by atoms with Crippen molar-refractivity contribution in [2.24, 2.45) is 5.73 Å². The Bertz CT molecular complexity index is 1080. The van der Waals surface area contributed by atoms with E-state index >= 15 is 0 Å². The Morgan fingerprint density at radius 1 is 1.20 bits per heavy atom. The van der Waals surface area contributed by atoms with Crippen LogP contribution in [0, 0.1) is 0 Å². The second-order valence-electron chi connectivity index (χ2n) is 6.87. The van der Waals surface area contributed by atoms with Crippen LogP contribution in [0.5, 0.6) is 5.75 Å². The molecule has 1 aromatic heterocycles. The Hall–Kier alpha value is -3.26. The molecule has 1 amide bonds. The third-order valence-corrected chi connectivity index (χ3v) is 5.54. The number of hydrogen-bond donors (Lipinski definition) is 2. The fourth-order valence-corrected chi connectivity index (χ4v) is 3.99. The van der Waals surface area contributed by atoms with Gasteiger partial charge in [-0.25, -0.2) is 4.68 Å². The maximum Gasteiger partial charge on any atom is 0.248 e. The molecule has 0 fully saturated rings. The Balaban J connectivity index is 1.63. The average molecular weight is 422 g/mol. The lowest BCUT2D eigenvalue weighted by Gasteiger charge is -2.27. The van der Waals surface area contributed by atoms with Crippen LogP contribution in [-0.2, 0) is 11.4 Å². The lowest BCUT2D eigenvalue weighted by molar-refractivity contribution is -0.115. The quantitative estimate of drug-likeness (QED) is 0.564. The number of primary amides is 1. The van der Waals surface area contributed by atoms with Crippen molar-refractivity contribution in [1.29, 1.82) is 0 Å². The molecular weight excluding hydrogens is 398 g/mol. The van der Waals surface area contributed by atoms with E-state index in [1.807, 2.05) is 68.4 Å². The third-order valence-electron chi connectivity index (χ3n) is 4.82. The van der Waals surface area contributed by atoms with Gasteiger partial charge in [-0.2, -0.15) is 4.98 Å². The van der Waals surface area contributed by atoms with E-state index in [2.05, 4.69) is 15.4 Å². The zero-order valence-corrected chi connectivity index (χ0v) is 17.6. The van der Waals surface area contributed by atoms with Gasteiger partial charge in [-0.05, 0) is 35.9 Å². The molecule has 3 aromatic rings. The van der Waals surface area contributed by atoms with Crippen LogP contribution < -0.4 is 15.8 Å². The highest BCUT2D eigenvalue weighted by Crippen LogP contribution is 2.36. The first kappa shape index (κ1) is 20.0. The van der Waals surface area contributed by atoms with Crippen molar-refractivity contribution in [3.05, 3.63) is 77.0 Å². The molecule has 3 N–H and O–H groups in total. The molecule has 0 saturated carbocycles. The SMILES string of the molecule is CCSc1nc2n(n1)C(c1ccc(OCc3ccccc3)cc1)C(C(N)=O)=C(C)N2. The van der Waals surface area contributed by atoms with E-state index in [1.165, 1.54) is 0 Å². The number of nitrogens with zero attached hydrogens (tertiary/aromatic N) is 3. The van der Waals surface area contributed by atoms with Crippen molar-refractivity contribution >= 4 is 23.6 Å². The molecule has 1 atom stereocenters. The summed E-state index contributed by atoms with van der Waals surface area (Å²) in [6.07, 6.45) is 0. The molecule has 2 heterocycles. The summed E-state index contributed by atoms with van der Waals surface area (Å²) in [5, 5.41) is 8.41. The average Bonchev–Trinajstić information content (AvgIpc) is 3.14. The Morgan fingerprint density at radius 2 is 1.93 bits per heavy atom.